The first-order valence-corrected chi connectivity index (χ1v) is 16.2. The average Bonchev–Trinajstić information content (AvgIpc) is 3.18. The smallest absolute Gasteiger partial charge is 0.0622 e. The fraction of sp³-hybridized carbons (Fsp3) is 0. The van der Waals surface area contributed by atoms with Gasteiger partial charge in [0.2, 0.25) is 11.4 Å². The molecule has 0 unspecified atom stereocenters. The third kappa shape index (κ3) is 4.97. The molecule has 0 aliphatic carbocycles. The molecule has 0 saturated heterocycles. The van der Waals surface area contributed by atoms with E-state index in [1.807, 2.05) is 76.4 Å². The quantitative estimate of drug-likeness (QED) is 0.143. The van der Waals surface area contributed by atoms with Crippen molar-refractivity contribution in [3.05, 3.63) is 182 Å². The maximum absolute atomic E-state index is 4.96. The number of para-hydroxylation sites is 1. The topological polar surface area (TPSA) is 33.5 Å². The van der Waals surface area contributed by atoms with E-state index in [1.54, 1.807) is 0 Å². The zero-order chi connectivity index (χ0) is 31.9. The number of hydrogen-bond donors (Lipinski definition) is 0. The predicted octanol–water partition coefficient (Wildman–Crippen LogP) is 9.49. The van der Waals surface area contributed by atoms with E-state index in [9.17, 15) is 0 Å². The van der Waals surface area contributed by atoms with Gasteiger partial charge in [-0.25, -0.2) is 0 Å². The van der Waals surface area contributed by atoms with E-state index in [4.69, 9.17) is 10.2 Å². The summed E-state index contributed by atoms with van der Waals surface area (Å²) in [5, 5.41) is 17.5. The SMILES string of the molecule is c1ccc(-c2n[n+](-c3ccccc3)c[n+](-c3cccc(-c4cccc(-c5ccc6c7ccccc7c7ccccc7c6c5)c4)c3)n2)cc1. The van der Waals surface area contributed by atoms with Gasteiger partial charge >= 0.3 is 6.33 Å². The summed E-state index contributed by atoms with van der Waals surface area (Å²) in [7, 11) is 0. The molecule has 0 amide bonds. The van der Waals surface area contributed by atoms with Gasteiger partial charge in [0.05, 0.1) is 0 Å². The van der Waals surface area contributed by atoms with E-state index >= 15 is 0 Å². The number of fused-ring (bicyclic) bond motifs is 6. The number of aromatic nitrogens is 4. The van der Waals surface area contributed by atoms with Crippen LogP contribution in [0.2, 0.25) is 0 Å². The first-order chi connectivity index (χ1) is 23.8. The van der Waals surface area contributed by atoms with Crippen molar-refractivity contribution < 1.29 is 9.36 Å². The number of rotatable bonds is 5. The van der Waals surface area contributed by atoms with Crippen LogP contribution < -0.4 is 9.36 Å². The monoisotopic (exact) mass is 614 g/mol. The van der Waals surface area contributed by atoms with Gasteiger partial charge in [-0.15, -0.1) is 0 Å². The van der Waals surface area contributed by atoms with Crippen LogP contribution in [0.1, 0.15) is 0 Å². The van der Waals surface area contributed by atoms with Crippen molar-refractivity contribution >= 4 is 32.3 Å². The molecule has 0 aliphatic rings. The second-order valence-corrected chi connectivity index (χ2v) is 12.0. The second kappa shape index (κ2) is 11.7. The molecule has 1 heterocycles. The normalized spacial score (nSPS) is 11.3. The molecule has 4 heteroatoms. The summed E-state index contributed by atoms with van der Waals surface area (Å²) in [6.45, 7) is 0. The molecule has 48 heavy (non-hydrogen) atoms. The van der Waals surface area contributed by atoms with Crippen molar-refractivity contribution in [3.63, 3.8) is 0 Å². The average molecular weight is 615 g/mol. The van der Waals surface area contributed by atoms with Gasteiger partial charge < -0.3 is 0 Å². The molecule has 4 nitrogen and oxygen atoms in total. The summed E-state index contributed by atoms with van der Waals surface area (Å²) in [5.74, 6) is 0.644. The van der Waals surface area contributed by atoms with Gasteiger partial charge in [0.15, 0.2) is 0 Å². The molecule has 8 aromatic carbocycles. The Balaban J connectivity index is 1.14. The fourth-order valence-corrected chi connectivity index (χ4v) is 6.71. The van der Waals surface area contributed by atoms with Crippen molar-refractivity contribution in [1.29, 1.82) is 0 Å². The maximum atomic E-state index is 4.96. The highest BCUT2D eigenvalue weighted by Gasteiger charge is 2.23. The Morgan fingerprint density at radius 2 is 0.729 bits per heavy atom. The van der Waals surface area contributed by atoms with Crippen molar-refractivity contribution in [2.45, 2.75) is 0 Å². The van der Waals surface area contributed by atoms with Gasteiger partial charge in [-0.1, -0.05) is 140 Å². The molecule has 0 saturated carbocycles. The van der Waals surface area contributed by atoms with Crippen molar-refractivity contribution in [2.24, 2.45) is 0 Å². The first kappa shape index (κ1) is 27.8. The van der Waals surface area contributed by atoms with Gasteiger partial charge in [0, 0.05) is 49.4 Å². The van der Waals surface area contributed by atoms with Crippen molar-refractivity contribution in [1.82, 2.24) is 10.2 Å². The summed E-state index contributed by atoms with van der Waals surface area (Å²) in [6.07, 6.45) is 1.93. The fourth-order valence-electron chi connectivity index (χ4n) is 6.71. The van der Waals surface area contributed by atoms with Gasteiger partial charge in [0.25, 0.3) is 5.82 Å². The Labute approximate surface area is 278 Å². The molecule has 224 valence electrons. The molecule has 0 spiro atoms. The van der Waals surface area contributed by atoms with Crippen LogP contribution in [-0.2, 0) is 0 Å². The van der Waals surface area contributed by atoms with E-state index in [1.165, 1.54) is 43.4 Å². The molecular formula is C44H30N4+2. The summed E-state index contributed by atoms with van der Waals surface area (Å²) in [6, 6.07) is 61.9. The van der Waals surface area contributed by atoms with E-state index in [-0.39, 0.29) is 0 Å². The summed E-state index contributed by atoms with van der Waals surface area (Å²) in [4.78, 5) is 0. The molecule has 9 rings (SSSR count). The molecule has 0 fully saturated rings. The number of hydrogen-bond acceptors (Lipinski definition) is 2. The van der Waals surface area contributed by atoms with Crippen LogP contribution in [0.25, 0.3) is 77.3 Å². The second-order valence-electron chi connectivity index (χ2n) is 12.0. The van der Waals surface area contributed by atoms with Crippen molar-refractivity contribution in [2.75, 3.05) is 0 Å². The van der Waals surface area contributed by atoms with Crippen LogP contribution in [0.5, 0.6) is 0 Å². The molecule has 0 bridgehead atoms. The molecular weight excluding hydrogens is 585 g/mol. The zero-order valence-corrected chi connectivity index (χ0v) is 26.1. The minimum Gasteiger partial charge on any atom is -0.0622 e. The van der Waals surface area contributed by atoms with Crippen LogP contribution in [0.4, 0.5) is 0 Å². The van der Waals surface area contributed by atoms with Gasteiger partial charge in [-0.3, -0.25) is 0 Å². The molecule has 0 N–H and O–H groups in total. The van der Waals surface area contributed by atoms with Gasteiger partial charge in [-0.05, 0) is 66.7 Å². The molecule has 0 radical (unpaired) electrons. The molecule has 0 atom stereocenters. The first-order valence-electron chi connectivity index (χ1n) is 16.2. The Hall–Kier alpha value is -6.52. The predicted molar refractivity (Wildman–Crippen MR) is 194 cm³/mol. The standard InChI is InChI=1S/C44H30N4/c1-3-13-31(14-4-1)44-45-47(36-18-5-2-6-19-36)30-48(46-44)37-20-12-17-34(28-37)32-15-11-16-33(27-32)35-25-26-42-40-23-8-7-21-38(40)39-22-9-10-24-41(39)43(42)29-35/h1-30H/q+2. The van der Waals surface area contributed by atoms with E-state index in [2.05, 4.69) is 115 Å². The van der Waals surface area contributed by atoms with Gasteiger partial charge in [-0.2, -0.15) is 0 Å². The van der Waals surface area contributed by atoms with Crippen LogP contribution in [0.3, 0.4) is 0 Å². The Morgan fingerprint density at radius 1 is 0.292 bits per heavy atom. The third-order valence-corrected chi connectivity index (χ3v) is 9.06. The Morgan fingerprint density at radius 3 is 1.38 bits per heavy atom. The highest BCUT2D eigenvalue weighted by molar-refractivity contribution is 6.25. The van der Waals surface area contributed by atoms with Crippen LogP contribution in [-0.4, -0.2) is 10.2 Å². The van der Waals surface area contributed by atoms with Crippen LogP contribution in [0.15, 0.2) is 182 Å². The van der Waals surface area contributed by atoms with Gasteiger partial charge in [0.1, 0.15) is 0 Å². The van der Waals surface area contributed by atoms with E-state index in [0.717, 1.165) is 28.1 Å². The number of benzene rings is 8. The van der Waals surface area contributed by atoms with Crippen molar-refractivity contribution in [3.8, 4) is 45.0 Å². The number of nitrogens with zero attached hydrogens (tertiary/aromatic N) is 4. The molecule has 1 aromatic heterocycles. The third-order valence-electron chi connectivity index (χ3n) is 9.06. The summed E-state index contributed by atoms with van der Waals surface area (Å²) < 4.78 is 3.80. The lowest BCUT2D eigenvalue weighted by molar-refractivity contribution is -0.796. The highest BCUT2D eigenvalue weighted by Crippen LogP contribution is 2.37. The Bertz CT molecular complexity index is 2520. The highest BCUT2D eigenvalue weighted by atomic mass is 15.4. The maximum Gasteiger partial charge on any atom is 0.469 e. The molecule has 9 aromatic rings. The Kier molecular flexibility index (Phi) is 6.76. The summed E-state index contributed by atoms with van der Waals surface area (Å²) >= 11 is 0. The minimum absolute atomic E-state index is 0.644. The lowest BCUT2D eigenvalue weighted by Crippen LogP contribution is -2.49. The largest absolute Gasteiger partial charge is 0.469 e. The molecule has 0 aliphatic heterocycles. The van der Waals surface area contributed by atoms with Crippen LogP contribution in [0, 0.1) is 0 Å². The summed E-state index contributed by atoms with van der Waals surface area (Å²) in [5.41, 5.74) is 7.51. The van der Waals surface area contributed by atoms with E-state index in [0.29, 0.717) is 5.82 Å². The van der Waals surface area contributed by atoms with Crippen LogP contribution >= 0.6 is 0 Å². The minimum atomic E-state index is 0.644. The lowest BCUT2D eigenvalue weighted by Gasteiger charge is -2.12. The lowest BCUT2D eigenvalue weighted by atomic mass is 9.91. The zero-order valence-electron chi connectivity index (χ0n) is 26.1. The van der Waals surface area contributed by atoms with E-state index < -0.39 is 0 Å².